The summed E-state index contributed by atoms with van der Waals surface area (Å²) in [5, 5.41) is 6.45. The maximum absolute atomic E-state index is 12.1. The lowest BCUT2D eigenvalue weighted by molar-refractivity contribution is -0.131. The highest BCUT2D eigenvalue weighted by Crippen LogP contribution is 2.43. The van der Waals surface area contributed by atoms with E-state index in [1.165, 1.54) is 29.7 Å². The molecule has 5 rings (SSSR count). The lowest BCUT2D eigenvalue weighted by Crippen LogP contribution is -2.56. The summed E-state index contributed by atoms with van der Waals surface area (Å²) in [6.45, 7) is 6.00. The zero-order valence-corrected chi connectivity index (χ0v) is 12.6. The van der Waals surface area contributed by atoms with Gasteiger partial charge in [-0.2, -0.15) is 5.10 Å². The highest BCUT2D eigenvalue weighted by atomic mass is 16.2. The van der Waals surface area contributed by atoms with Gasteiger partial charge in [0, 0.05) is 12.8 Å². The first-order chi connectivity index (χ1) is 10.1. The SMILES string of the molecule is CC(=O)N1N=C2C3CCN(CC3)[C@@H]2[C@@H]1c1ccc(C)cc1. The van der Waals surface area contributed by atoms with Gasteiger partial charge < -0.3 is 0 Å². The normalized spacial score (nSPS) is 33.8. The molecule has 1 aromatic carbocycles. The Hall–Kier alpha value is -1.68. The van der Waals surface area contributed by atoms with Crippen LogP contribution in [0.4, 0.5) is 0 Å². The largest absolute Gasteiger partial charge is 0.293 e. The number of carbonyl (C=O) groups excluding carboxylic acids is 1. The van der Waals surface area contributed by atoms with Crippen LogP contribution in [0.5, 0.6) is 0 Å². The van der Waals surface area contributed by atoms with Gasteiger partial charge in [-0.1, -0.05) is 29.8 Å². The summed E-state index contributed by atoms with van der Waals surface area (Å²) >= 11 is 0. The van der Waals surface area contributed by atoms with Crippen molar-refractivity contribution in [3.8, 4) is 0 Å². The van der Waals surface area contributed by atoms with E-state index in [9.17, 15) is 4.79 Å². The van der Waals surface area contributed by atoms with E-state index in [2.05, 4.69) is 36.1 Å². The van der Waals surface area contributed by atoms with Crippen molar-refractivity contribution in [3.05, 3.63) is 35.4 Å². The van der Waals surface area contributed by atoms with Crippen molar-refractivity contribution in [2.75, 3.05) is 13.1 Å². The third-order valence-electron chi connectivity index (χ3n) is 5.17. The first kappa shape index (κ1) is 13.0. The van der Waals surface area contributed by atoms with E-state index in [0.717, 1.165) is 13.1 Å². The summed E-state index contributed by atoms with van der Waals surface area (Å²) in [5.74, 6) is 0.625. The molecule has 1 aromatic rings. The number of hydrogen-bond donors (Lipinski definition) is 0. The minimum atomic E-state index is 0.0445. The quantitative estimate of drug-likeness (QED) is 0.793. The van der Waals surface area contributed by atoms with Crippen molar-refractivity contribution in [1.29, 1.82) is 0 Å². The van der Waals surface area contributed by atoms with Crippen molar-refractivity contribution in [3.63, 3.8) is 0 Å². The second-order valence-corrected chi connectivity index (χ2v) is 6.50. The summed E-state index contributed by atoms with van der Waals surface area (Å²) in [6.07, 6.45) is 2.39. The molecule has 3 fully saturated rings. The molecule has 0 saturated carbocycles. The molecule has 4 aliphatic heterocycles. The Morgan fingerprint density at radius 3 is 2.43 bits per heavy atom. The lowest BCUT2D eigenvalue weighted by atomic mass is 9.78. The zero-order chi connectivity index (χ0) is 14.6. The van der Waals surface area contributed by atoms with Gasteiger partial charge in [-0.15, -0.1) is 0 Å². The average Bonchev–Trinajstić information content (AvgIpc) is 2.92. The van der Waals surface area contributed by atoms with Crippen molar-refractivity contribution in [1.82, 2.24) is 9.91 Å². The number of hydrazone groups is 1. The molecular formula is C17H21N3O. The fourth-order valence-electron chi connectivity index (χ4n) is 4.08. The molecule has 0 spiro atoms. The number of aryl methyl sites for hydroxylation is 1. The van der Waals surface area contributed by atoms with Gasteiger partial charge >= 0.3 is 0 Å². The molecule has 0 aliphatic carbocycles. The van der Waals surface area contributed by atoms with E-state index in [0.29, 0.717) is 12.0 Å². The summed E-state index contributed by atoms with van der Waals surface area (Å²) in [7, 11) is 0. The van der Waals surface area contributed by atoms with Crippen LogP contribution in [-0.4, -0.2) is 40.7 Å². The molecule has 0 radical (unpaired) electrons. The van der Waals surface area contributed by atoms with Gasteiger partial charge in [0.05, 0.1) is 11.8 Å². The minimum Gasteiger partial charge on any atom is -0.293 e. The number of fused-ring (bicyclic) bond motifs is 2. The van der Waals surface area contributed by atoms with Crippen LogP contribution in [-0.2, 0) is 4.79 Å². The van der Waals surface area contributed by atoms with Crippen molar-refractivity contribution < 1.29 is 4.79 Å². The molecular weight excluding hydrogens is 262 g/mol. The highest BCUT2D eigenvalue weighted by molar-refractivity contribution is 5.97. The maximum Gasteiger partial charge on any atom is 0.240 e. The molecule has 110 valence electrons. The molecule has 4 nitrogen and oxygen atoms in total. The lowest BCUT2D eigenvalue weighted by Gasteiger charge is -2.46. The van der Waals surface area contributed by atoms with Crippen molar-refractivity contribution in [2.24, 2.45) is 11.0 Å². The molecule has 4 heterocycles. The minimum absolute atomic E-state index is 0.0445. The van der Waals surface area contributed by atoms with Gasteiger partial charge in [0.25, 0.3) is 0 Å². The third kappa shape index (κ3) is 1.93. The first-order valence-electron chi connectivity index (χ1n) is 7.84. The average molecular weight is 283 g/mol. The topological polar surface area (TPSA) is 35.9 Å². The standard InChI is InChI=1S/C17H21N3O/c1-11-3-5-14(6-4-11)16-17-15(18-20(16)12(2)21)13-7-9-19(17)10-8-13/h3-6,13,16-17H,7-10H2,1-2H3/t16-,17-/m0/s1. The predicted molar refractivity (Wildman–Crippen MR) is 82.0 cm³/mol. The maximum atomic E-state index is 12.1. The zero-order valence-electron chi connectivity index (χ0n) is 12.6. The summed E-state index contributed by atoms with van der Waals surface area (Å²) in [5.41, 5.74) is 3.69. The molecule has 1 amide bonds. The number of hydrogen-bond acceptors (Lipinski definition) is 3. The van der Waals surface area contributed by atoms with E-state index in [4.69, 9.17) is 5.10 Å². The molecule has 2 bridgehead atoms. The molecule has 0 aromatic heterocycles. The van der Waals surface area contributed by atoms with E-state index >= 15 is 0 Å². The molecule has 3 saturated heterocycles. The number of carbonyl (C=O) groups is 1. The van der Waals surface area contributed by atoms with Crippen LogP contribution in [0.2, 0.25) is 0 Å². The Kier molecular flexibility index (Phi) is 2.89. The van der Waals surface area contributed by atoms with Gasteiger partial charge in [0.2, 0.25) is 5.91 Å². The fraction of sp³-hybridized carbons (Fsp3) is 0.529. The van der Waals surface area contributed by atoms with Gasteiger partial charge in [0.1, 0.15) is 6.04 Å². The number of benzene rings is 1. The van der Waals surface area contributed by atoms with Crippen molar-refractivity contribution in [2.45, 2.75) is 38.8 Å². The summed E-state index contributed by atoms with van der Waals surface area (Å²) < 4.78 is 0. The number of rotatable bonds is 1. The van der Waals surface area contributed by atoms with Crippen LogP contribution in [0.25, 0.3) is 0 Å². The predicted octanol–water partition coefficient (Wildman–Crippen LogP) is 2.35. The molecule has 2 atom stereocenters. The smallest absolute Gasteiger partial charge is 0.240 e. The Morgan fingerprint density at radius 1 is 1.14 bits per heavy atom. The number of nitrogens with zero attached hydrogens (tertiary/aromatic N) is 3. The van der Waals surface area contributed by atoms with Crippen LogP contribution in [0.3, 0.4) is 0 Å². The Morgan fingerprint density at radius 2 is 1.81 bits per heavy atom. The van der Waals surface area contributed by atoms with Gasteiger partial charge in [-0.25, -0.2) is 5.01 Å². The van der Waals surface area contributed by atoms with Crippen LogP contribution < -0.4 is 0 Å². The van der Waals surface area contributed by atoms with Crippen molar-refractivity contribution >= 4 is 11.6 Å². The van der Waals surface area contributed by atoms with Crippen LogP contribution >= 0.6 is 0 Å². The van der Waals surface area contributed by atoms with Gasteiger partial charge in [0.15, 0.2) is 0 Å². The third-order valence-corrected chi connectivity index (χ3v) is 5.17. The Bertz CT molecular complexity index is 599. The summed E-state index contributed by atoms with van der Waals surface area (Å²) in [4.78, 5) is 14.6. The second kappa shape index (κ2) is 4.67. The van der Waals surface area contributed by atoms with E-state index in [1.807, 2.05) is 0 Å². The van der Waals surface area contributed by atoms with Crippen LogP contribution in [0.15, 0.2) is 29.4 Å². The number of amides is 1. The van der Waals surface area contributed by atoms with Crippen LogP contribution in [0.1, 0.15) is 36.9 Å². The molecule has 4 aliphatic rings. The number of piperidine rings is 3. The van der Waals surface area contributed by atoms with Gasteiger partial charge in [-0.3, -0.25) is 9.69 Å². The molecule has 4 heteroatoms. The highest BCUT2D eigenvalue weighted by Gasteiger charge is 2.50. The Labute approximate surface area is 125 Å². The van der Waals surface area contributed by atoms with E-state index < -0.39 is 0 Å². The molecule has 21 heavy (non-hydrogen) atoms. The molecule has 0 unspecified atom stereocenters. The van der Waals surface area contributed by atoms with Crippen LogP contribution in [0, 0.1) is 12.8 Å². The second-order valence-electron chi connectivity index (χ2n) is 6.50. The van der Waals surface area contributed by atoms with E-state index in [1.54, 1.807) is 11.9 Å². The van der Waals surface area contributed by atoms with E-state index in [-0.39, 0.29) is 11.9 Å². The fourth-order valence-corrected chi connectivity index (χ4v) is 4.08. The molecule has 0 N–H and O–H groups in total. The van der Waals surface area contributed by atoms with Gasteiger partial charge in [-0.05, 0) is 38.4 Å². The first-order valence-corrected chi connectivity index (χ1v) is 7.84. The Balaban J connectivity index is 1.77. The monoisotopic (exact) mass is 283 g/mol. The summed E-state index contributed by atoms with van der Waals surface area (Å²) in [6, 6.07) is 8.91.